The van der Waals surface area contributed by atoms with Crippen LogP contribution < -0.4 is 11.1 Å². The standard InChI is InChI=1S/C32H43N3O3/c1-3-8-27(30(33)36)28(20-23-9-6-10-23)31(37)34-29-13-4-5-18-35(32(29)38)21-24-11-7-12-26(19-24)25-16-14-22(2)15-17-25/h7,11-12,14-17,19,23,27-29H,3-6,8-10,13,18,20-21H2,1-2H3,(H2,33,36)(H,34,37)/t27?,28?,29-/m0/s1. The normalized spacial score (nSPS) is 19.8. The molecule has 3 atom stereocenters. The third-order valence-corrected chi connectivity index (χ3v) is 8.38. The van der Waals surface area contributed by atoms with Gasteiger partial charge >= 0.3 is 0 Å². The summed E-state index contributed by atoms with van der Waals surface area (Å²) in [6.07, 6.45) is 7.83. The number of rotatable bonds is 11. The first-order chi connectivity index (χ1) is 18.4. The maximum atomic E-state index is 13.6. The molecule has 4 rings (SSSR count). The van der Waals surface area contributed by atoms with Gasteiger partial charge in [0.1, 0.15) is 6.04 Å². The predicted octanol–water partition coefficient (Wildman–Crippen LogP) is 5.37. The fourth-order valence-corrected chi connectivity index (χ4v) is 5.88. The van der Waals surface area contributed by atoms with E-state index in [0.717, 1.165) is 48.8 Å². The van der Waals surface area contributed by atoms with E-state index in [1.165, 1.54) is 12.0 Å². The molecule has 1 saturated heterocycles. The lowest BCUT2D eigenvalue weighted by Gasteiger charge is -2.33. The van der Waals surface area contributed by atoms with Crippen LogP contribution in [-0.2, 0) is 20.9 Å². The molecule has 0 radical (unpaired) electrons. The molecule has 2 aromatic carbocycles. The second-order valence-electron chi connectivity index (χ2n) is 11.3. The summed E-state index contributed by atoms with van der Waals surface area (Å²) >= 11 is 0. The molecule has 2 aromatic rings. The van der Waals surface area contributed by atoms with Crippen LogP contribution >= 0.6 is 0 Å². The number of nitrogens with zero attached hydrogens (tertiary/aromatic N) is 1. The lowest BCUT2D eigenvalue weighted by molar-refractivity contribution is -0.139. The molecule has 2 aliphatic rings. The zero-order valence-corrected chi connectivity index (χ0v) is 23.0. The van der Waals surface area contributed by atoms with Crippen LogP contribution in [0.2, 0.25) is 0 Å². The molecule has 1 aliphatic carbocycles. The Morgan fingerprint density at radius 3 is 2.42 bits per heavy atom. The maximum absolute atomic E-state index is 13.6. The summed E-state index contributed by atoms with van der Waals surface area (Å²) in [7, 11) is 0. The highest BCUT2D eigenvalue weighted by atomic mass is 16.2. The summed E-state index contributed by atoms with van der Waals surface area (Å²) in [5.41, 5.74) is 10.3. The summed E-state index contributed by atoms with van der Waals surface area (Å²) in [6.45, 7) is 5.27. The van der Waals surface area contributed by atoms with E-state index >= 15 is 0 Å². The van der Waals surface area contributed by atoms with E-state index in [9.17, 15) is 14.4 Å². The van der Waals surface area contributed by atoms with E-state index in [0.29, 0.717) is 38.3 Å². The number of likely N-dealkylation sites (tertiary alicyclic amines) is 1. The van der Waals surface area contributed by atoms with E-state index in [4.69, 9.17) is 5.73 Å². The lowest BCUT2D eigenvalue weighted by Crippen LogP contribution is -2.51. The molecule has 3 N–H and O–H groups in total. The minimum atomic E-state index is -0.565. The van der Waals surface area contributed by atoms with Gasteiger partial charge in [0.25, 0.3) is 0 Å². The first-order valence-corrected chi connectivity index (χ1v) is 14.4. The van der Waals surface area contributed by atoms with Gasteiger partial charge in [0.15, 0.2) is 0 Å². The molecule has 1 saturated carbocycles. The molecule has 3 amide bonds. The number of benzene rings is 2. The van der Waals surface area contributed by atoms with Crippen molar-refractivity contribution in [3.05, 3.63) is 59.7 Å². The van der Waals surface area contributed by atoms with Crippen LogP contribution in [0.1, 0.15) is 75.8 Å². The molecule has 2 fully saturated rings. The van der Waals surface area contributed by atoms with Crippen LogP contribution in [0.5, 0.6) is 0 Å². The van der Waals surface area contributed by atoms with Gasteiger partial charge in [0, 0.05) is 24.9 Å². The Balaban J connectivity index is 1.46. The van der Waals surface area contributed by atoms with Gasteiger partial charge in [-0.3, -0.25) is 14.4 Å². The number of carbonyl (C=O) groups excluding carboxylic acids is 3. The number of amides is 3. The molecule has 6 nitrogen and oxygen atoms in total. The van der Waals surface area contributed by atoms with E-state index < -0.39 is 23.8 Å². The van der Waals surface area contributed by atoms with Crippen LogP contribution in [0, 0.1) is 24.7 Å². The second kappa shape index (κ2) is 13.1. The van der Waals surface area contributed by atoms with Crippen molar-refractivity contribution in [3.8, 4) is 11.1 Å². The molecule has 38 heavy (non-hydrogen) atoms. The third kappa shape index (κ3) is 7.03. The number of carbonyl (C=O) groups is 3. The van der Waals surface area contributed by atoms with E-state index in [1.807, 2.05) is 17.9 Å². The van der Waals surface area contributed by atoms with Crippen molar-refractivity contribution < 1.29 is 14.4 Å². The van der Waals surface area contributed by atoms with Crippen LogP contribution in [0.25, 0.3) is 11.1 Å². The quantitative estimate of drug-likeness (QED) is 0.420. The zero-order chi connectivity index (χ0) is 27.1. The minimum Gasteiger partial charge on any atom is -0.369 e. The summed E-state index contributed by atoms with van der Waals surface area (Å²) < 4.78 is 0. The van der Waals surface area contributed by atoms with Crippen molar-refractivity contribution in [3.63, 3.8) is 0 Å². The number of nitrogens with two attached hydrogens (primary N) is 1. The SMILES string of the molecule is CCCC(C(N)=O)C(CC1CCC1)C(=O)N[C@H]1CCCCN(Cc2cccc(-c3ccc(C)cc3)c2)C1=O. The molecule has 1 aliphatic heterocycles. The molecule has 0 spiro atoms. The van der Waals surface area contributed by atoms with Crippen molar-refractivity contribution in [2.75, 3.05) is 6.54 Å². The highest BCUT2D eigenvalue weighted by molar-refractivity contribution is 5.91. The number of primary amides is 1. The van der Waals surface area contributed by atoms with Crippen LogP contribution in [-0.4, -0.2) is 35.2 Å². The van der Waals surface area contributed by atoms with Crippen molar-refractivity contribution in [2.24, 2.45) is 23.5 Å². The molecular weight excluding hydrogens is 474 g/mol. The summed E-state index contributed by atoms with van der Waals surface area (Å²) in [4.78, 5) is 41.4. The van der Waals surface area contributed by atoms with E-state index in [2.05, 4.69) is 54.7 Å². The molecule has 204 valence electrons. The van der Waals surface area contributed by atoms with Crippen molar-refractivity contribution >= 4 is 17.7 Å². The Labute approximate surface area is 227 Å². The number of hydrogen-bond acceptors (Lipinski definition) is 3. The van der Waals surface area contributed by atoms with E-state index in [1.54, 1.807) is 0 Å². The Hall–Kier alpha value is -3.15. The van der Waals surface area contributed by atoms with Gasteiger partial charge < -0.3 is 16.0 Å². The van der Waals surface area contributed by atoms with Gasteiger partial charge in [0.05, 0.1) is 0 Å². The number of nitrogens with one attached hydrogen (secondary N) is 1. The second-order valence-corrected chi connectivity index (χ2v) is 11.3. The van der Waals surface area contributed by atoms with Crippen molar-refractivity contribution in [1.82, 2.24) is 10.2 Å². The van der Waals surface area contributed by atoms with Crippen molar-refractivity contribution in [2.45, 2.75) is 84.2 Å². The smallest absolute Gasteiger partial charge is 0.245 e. The van der Waals surface area contributed by atoms with Crippen LogP contribution in [0.4, 0.5) is 0 Å². The van der Waals surface area contributed by atoms with Gasteiger partial charge in [-0.05, 0) is 67.7 Å². The highest BCUT2D eigenvalue weighted by Crippen LogP contribution is 2.36. The molecule has 2 unspecified atom stereocenters. The zero-order valence-electron chi connectivity index (χ0n) is 23.0. The van der Waals surface area contributed by atoms with Gasteiger partial charge in [-0.1, -0.05) is 80.6 Å². The molecule has 0 aromatic heterocycles. The third-order valence-electron chi connectivity index (χ3n) is 8.38. The largest absolute Gasteiger partial charge is 0.369 e. The van der Waals surface area contributed by atoms with Gasteiger partial charge in [-0.25, -0.2) is 0 Å². The van der Waals surface area contributed by atoms with Gasteiger partial charge in [0.2, 0.25) is 17.7 Å². The van der Waals surface area contributed by atoms with Gasteiger partial charge in [-0.2, -0.15) is 0 Å². The number of aryl methyl sites for hydroxylation is 1. The topological polar surface area (TPSA) is 92.5 Å². The lowest BCUT2D eigenvalue weighted by atomic mass is 9.74. The summed E-state index contributed by atoms with van der Waals surface area (Å²) in [5.74, 6) is -1.11. The molecule has 1 heterocycles. The first kappa shape index (κ1) is 27.9. The highest BCUT2D eigenvalue weighted by Gasteiger charge is 2.37. The number of hydrogen-bond donors (Lipinski definition) is 2. The monoisotopic (exact) mass is 517 g/mol. The Kier molecular flexibility index (Phi) is 9.59. The maximum Gasteiger partial charge on any atom is 0.245 e. The minimum absolute atomic E-state index is 0.0369. The predicted molar refractivity (Wildman–Crippen MR) is 151 cm³/mol. The Morgan fingerprint density at radius 2 is 1.76 bits per heavy atom. The summed E-state index contributed by atoms with van der Waals surface area (Å²) in [6, 6.07) is 16.2. The molecular formula is C32H43N3O3. The van der Waals surface area contributed by atoms with Crippen LogP contribution in [0.15, 0.2) is 48.5 Å². The average molecular weight is 518 g/mol. The molecule has 0 bridgehead atoms. The average Bonchev–Trinajstić information content (AvgIpc) is 3.04. The fraction of sp³-hybridized carbons (Fsp3) is 0.531. The van der Waals surface area contributed by atoms with Crippen LogP contribution in [0.3, 0.4) is 0 Å². The van der Waals surface area contributed by atoms with Gasteiger partial charge in [-0.15, -0.1) is 0 Å². The molecule has 6 heteroatoms. The van der Waals surface area contributed by atoms with E-state index in [-0.39, 0.29) is 11.8 Å². The Morgan fingerprint density at radius 1 is 1.00 bits per heavy atom. The first-order valence-electron chi connectivity index (χ1n) is 14.4. The summed E-state index contributed by atoms with van der Waals surface area (Å²) in [5, 5.41) is 3.08. The Bertz CT molecular complexity index is 1110. The van der Waals surface area contributed by atoms with Crippen molar-refractivity contribution in [1.29, 1.82) is 0 Å². The fourth-order valence-electron chi connectivity index (χ4n) is 5.88.